The largest absolute Gasteiger partial charge is 0.464 e. The normalized spacial score (nSPS) is 11.6. The molecule has 1 heterocycles. The molecule has 0 bridgehead atoms. The van der Waals surface area contributed by atoms with Crippen LogP contribution in [-0.4, -0.2) is 25.5 Å². The molecule has 0 aliphatic heterocycles. The molecule has 1 aromatic heterocycles. The van der Waals surface area contributed by atoms with Crippen LogP contribution in [0.15, 0.2) is 59.5 Å². The monoisotopic (exact) mass is 333 g/mol. The van der Waals surface area contributed by atoms with Crippen LogP contribution in [0.4, 0.5) is 4.39 Å². The van der Waals surface area contributed by atoms with E-state index in [1.54, 1.807) is 18.2 Å². The SMILES string of the molecule is COC(=O)c1cc2ccc(F)cc2n1S(=O)(=O)c1ccccc1. The Morgan fingerprint density at radius 1 is 1.09 bits per heavy atom. The summed E-state index contributed by atoms with van der Waals surface area (Å²) in [7, 11) is -2.92. The fourth-order valence-electron chi connectivity index (χ4n) is 2.35. The van der Waals surface area contributed by atoms with Crippen molar-refractivity contribution >= 4 is 26.9 Å². The van der Waals surface area contributed by atoms with Crippen LogP contribution in [0.1, 0.15) is 10.5 Å². The quantitative estimate of drug-likeness (QED) is 0.691. The minimum atomic E-state index is -4.08. The number of halogens is 1. The number of hydrogen-bond acceptors (Lipinski definition) is 4. The minimum Gasteiger partial charge on any atom is -0.464 e. The van der Waals surface area contributed by atoms with E-state index >= 15 is 0 Å². The van der Waals surface area contributed by atoms with Crippen molar-refractivity contribution < 1.29 is 22.3 Å². The number of fused-ring (bicyclic) bond motifs is 1. The number of carbonyl (C=O) groups is 1. The summed E-state index contributed by atoms with van der Waals surface area (Å²) in [4.78, 5) is 12.0. The molecule has 0 atom stereocenters. The first-order valence-corrected chi connectivity index (χ1v) is 8.09. The van der Waals surface area contributed by atoms with E-state index in [9.17, 15) is 17.6 Å². The van der Waals surface area contributed by atoms with Crippen LogP contribution >= 0.6 is 0 Å². The molecule has 0 aliphatic rings. The Balaban J connectivity index is 2.39. The van der Waals surface area contributed by atoms with Gasteiger partial charge in [0.2, 0.25) is 0 Å². The van der Waals surface area contributed by atoms with E-state index in [2.05, 4.69) is 4.74 Å². The summed E-state index contributed by atoms with van der Waals surface area (Å²) < 4.78 is 44.8. The lowest BCUT2D eigenvalue weighted by Crippen LogP contribution is -2.19. The Morgan fingerprint density at radius 2 is 1.78 bits per heavy atom. The molecule has 0 aliphatic carbocycles. The maximum absolute atomic E-state index is 13.6. The molecule has 3 rings (SSSR count). The molecule has 3 aromatic rings. The van der Waals surface area contributed by atoms with E-state index in [-0.39, 0.29) is 16.1 Å². The molecule has 0 N–H and O–H groups in total. The summed E-state index contributed by atoms with van der Waals surface area (Å²) in [5.74, 6) is -1.42. The van der Waals surface area contributed by atoms with E-state index in [0.717, 1.165) is 17.1 Å². The van der Waals surface area contributed by atoms with Crippen molar-refractivity contribution in [3.8, 4) is 0 Å². The van der Waals surface area contributed by atoms with Gasteiger partial charge in [0, 0.05) is 5.39 Å². The van der Waals surface area contributed by atoms with E-state index in [4.69, 9.17) is 0 Å². The number of methoxy groups -OCH3 is 1. The number of esters is 1. The Hall–Kier alpha value is -2.67. The first-order valence-electron chi connectivity index (χ1n) is 6.65. The lowest BCUT2D eigenvalue weighted by atomic mass is 10.2. The summed E-state index contributed by atoms with van der Waals surface area (Å²) in [5.41, 5.74) is -0.105. The van der Waals surface area contributed by atoms with Gasteiger partial charge in [-0.15, -0.1) is 0 Å². The zero-order valence-electron chi connectivity index (χ0n) is 12.1. The Bertz CT molecular complexity index is 994. The Labute approximate surface area is 132 Å². The molecule has 2 aromatic carbocycles. The van der Waals surface area contributed by atoms with Gasteiger partial charge in [-0.1, -0.05) is 18.2 Å². The lowest BCUT2D eigenvalue weighted by molar-refractivity contribution is 0.0593. The van der Waals surface area contributed by atoms with Gasteiger partial charge in [-0.25, -0.2) is 21.6 Å². The van der Waals surface area contributed by atoms with Crippen LogP contribution < -0.4 is 0 Å². The maximum Gasteiger partial charge on any atom is 0.355 e. The fourth-order valence-corrected chi connectivity index (χ4v) is 3.87. The predicted octanol–water partition coefficient (Wildman–Crippen LogP) is 2.80. The zero-order valence-corrected chi connectivity index (χ0v) is 12.9. The van der Waals surface area contributed by atoms with Gasteiger partial charge < -0.3 is 4.74 Å². The van der Waals surface area contributed by atoms with Crippen LogP contribution in [0, 0.1) is 5.82 Å². The predicted molar refractivity (Wildman–Crippen MR) is 82.3 cm³/mol. The highest BCUT2D eigenvalue weighted by Crippen LogP contribution is 2.27. The molecule has 118 valence electrons. The molecule has 0 unspecified atom stereocenters. The average molecular weight is 333 g/mol. The average Bonchev–Trinajstić information content (AvgIpc) is 2.94. The van der Waals surface area contributed by atoms with Crippen LogP contribution in [0.3, 0.4) is 0 Å². The molecular weight excluding hydrogens is 321 g/mol. The molecule has 0 radical (unpaired) electrons. The molecule has 0 amide bonds. The summed E-state index contributed by atoms with van der Waals surface area (Å²) in [6, 6.07) is 12.7. The van der Waals surface area contributed by atoms with Crippen molar-refractivity contribution in [1.29, 1.82) is 0 Å². The second kappa shape index (κ2) is 5.51. The van der Waals surface area contributed by atoms with Crippen LogP contribution in [0.2, 0.25) is 0 Å². The molecule has 0 saturated carbocycles. The van der Waals surface area contributed by atoms with Gasteiger partial charge >= 0.3 is 5.97 Å². The second-order valence-corrected chi connectivity index (χ2v) is 6.59. The summed E-state index contributed by atoms with van der Waals surface area (Å²) >= 11 is 0. The van der Waals surface area contributed by atoms with Crippen LogP contribution in [-0.2, 0) is 14.8 Å². The molecular formula is C16H12FNO4S. The molecule has 0 spiro atoms. The minimum absolute atomic E-state index is 0.00749. The molecule has 23 heavy (non-hydrogen) atoms. The number of rotatable bonds is 3. The maximum atomic E-state index is 13.6. The van der Waals surface area contributed by atoms with Crippen molar-refractivity contribution in [2.45, 2.75) is 4.90 Å². The molecule has 0 saturated heterocycles. The van der Waals surface area contributed by atoms with Crippen molar-refractivity contribution in [2.24, 2.45) is 0 Å². The highest BCUT2D eigenvalue weighted by molar-refractivity contribution is 7.90. The van der Waals surface area contributed by atoms with Gasteiger partial charge in [-0.05, 0) is 36.4 Å². The zero-order chi connectivity index (χ0) is 16.6. The Morgan fingerprint density at radius 3 is 2.43 bits per heavy atom. The topological polar surface area (TPSA) is 65.4 Å². The molecule has 7 heteroatoms. The number of aromatic nitrogens is 1. The fraction of sp³-hybridized carbons (Fsp3) is 0.0625. The van der Waals surface area contributed by atoms with Gasteiger partial charge in [-0.2, -0.15) is 0 Å². The van der Waals surface area contributed by atoms with Gasteiger partial charge in [0.05, 0.1) is 17.5 Å². The highest BCUT2D eigenvalue weighted by atomic mass is 32.2. The Kier molecular flexibility index (Phi) is 3.65. The lowest BCUT2D eigenvalue weighted by Gasteiger charge is -2.10. The highest BCUT2D eigenvalue weighted by Gasteiger charge is 2.26. The van der Waals surface area contributed by atoms with Crippen molar-refractivity contribution in [3.63, 3.8) is 0 Å². The van der Waals surface area contributed by atoms with Gasteiger partial charge in [-0.3, -0.25) is 0 Å². The number of nitrogens with zero attached hydrogens (tertiary/aromatic N) is 1. The van der Waals surface area contributed by atoms with Gasteiger partial charge in [0.25, 0.3) is 10.0 Å². The number of carbonyl (C=O) groups excluding carboxylic acids is 1. The van der Waals surface area contributed by atoms with Gasteiger partial charge in [0.15, 0.2) is 0 Å². The number of ether oxygens (including phenoxy) is 1. The number of benzene rings is 2. The first kappa shape index (κ1) is 15.2. The summed E-state index contributed by atoms with van der Waals surface area (Å²) in [6.07, 6.45) is 0. The number of hydrogen-bond donors (Lipinski definition) is 0. The third kappa shape index (κ3) is 2.49. The van der Waals surface area contributed by atoms with Crippen molar-refractivity contribution in [2.75, 3.05) is 7.11 Å². The van der Waals surface area contributed by atoms with E-state index < -0.39 is 21.8 Å². The van der Waals surface area contributed by atoms with E-state index in [1.165, 1.54) is 30.3 Å². The van der Waals surface area contributed by atoms with E-state index in [1.807, 2.05) is 0 Å². The van der Waals surface area contributed by atoms with Crippen LogP contribution in [0.25, 0.3) is 10.9 Å². The molecule has 5 nitrogen and oxygen atoms in total. The van der Waals surface area contributed by atoms with Crippen molar-refractivity contribution in [1.82, 2.24) is 3.97 Å². The standard InChI is InChI=1S/C16H12FNO4S/c1-22-16(19)15-9-11-7-8-12(17)10-14(11)18(15)23(20,21)13-5-3-2-4-6-13/h2-10H,1H3. The molecule has 0 fully saturated rings. The van der Waals surface area contributed by atoms with Crippen molar-refractivity contribution in [3.05, 3.63) is 66.1 Å². The second-order valence-electron chi connectivity index (χ2n) is 4.81. The van der Waals surface area contributed by atoms with Crippen LogP contribution in [0.5, 0.6) is 0 Å². The smallest absolute Gasteiger partial charge is 0.355 e. The van der Waals surface area contributed by atoms with Gasteiger partial charge in [0.1, 0.15) is 11.5 Å². The van der Waals surface area contributed by atoms with E-state index in [0.29, 0.717) is 5.39 Å². The summed E-state index contributed by atoms with van der Waals surface area (Å²) in [5, 5.41) is 0.423. The first-order chi connectivity index (χ1) is 10.9. The summed E-state index contributed by atoms with van der Waals surface area (Å²) in [6.45, 7) is 0. The third-order valence-corrected chi connectivity index (χ3v) is 5.14. The third-order valence-electron chi connectivity index (χ3n) is 3.40.